The van der Waals surface area contributed by atoms with Gasteiger partial charge in [0.1, 0.15) is 5.82 Å². The molecule has 0 saturated carbocycles. The van der Waals surface area contributed by atoms with Gasteiger partial charge < -0.3 is 10.2 Å². The molecule has 2 atom stereocenters. The third kappa shape index (κ3) is 3.88. The van der Waals surface area contributed by atoms with Gasteiger partial charge in [0.15, 0.2) is 0 Å². The summed E-state index contributed by atoms with van der Waals surface area (Å²) in [4.78, 5) is 18.8. The zero-order chi connectivity index (χ0) is 14.5. The molecule has 20 heavy (non-hydrogen) atoms. The van der Waals surface area contributed by atoms with Crippen LogP contribution in [0.4, 0.5) is 5.82 Å². The molecule has 5 heteroatoms. The number of thioether (sulfide) groups is 1. The predicted molar refractivity (Wildman–Crippen MR) is 85.4 cm³/mol. The van der Waals surface area contributed by atoms with Crippen molar-refractivity contribution in [2.24, 2.45) is 0 Å². The Morgan fingerprint density at radius 3 is 2.80 bits per heavy atom. The number of anilines is 1. The summed E-state index contributed by atoms with van der Waals surface area (Å²) >= 11 is 1.95. The SMILES string of the molecule is CCCNc1cc(C(=O)N2CC(C)SC(C)C2)ccn1. The van der Waals surface area contributed by atoms with E-state index >= 15 is 0 Å². The molecule has 0 aliphatic carbocycles. The first-order valence-corrected chi connectivity index (χ1v) is 8.19. The van der Waals surface area contributed by atoms with Crippen LogP contribution in [0, 0.1) is 0 Å². The molecule has 1 saturated heterocycles. The molecule has 4 nitrogen and oxygen atoms in total. The molecule has 2 rings (SSSR count). The Morgan fingerprint density at radius 2 is 2.15 bits per heavy atom. The van der Waals surface area contributed by atoms with Crippen molar-refractivity contribution >= 4 is 23.5 Å². The average molecular weight is 293 g/mol. The van der Waals surface area contributed by atoms with Gasteiger partial charge >= 0.3 is 0 Å². The maximum Gasteiger partial charge on any atom is 0.254 e. The fourth-order valence-corrected chi connectivity index (χ4v) is 3.76. The van der Waals surface area contributed by atoms with E-state index in [4.69, 9.17) is 0 Å². The van der Waals surface area contributed by atoms with Crippen molar-refractivity contribution in [2.75, 3.05) is 25.0 Å². The minimum atomic E-state index is 0.117. The molecule has 1 aliphatic heterocycles. The molecule has 2 unspecified atom stereocenters. The number of aromatic nitrogens is 1. The van der Waals surface area contributed by atoms with E-state index in [1.807, 2.05) is 22.7 Å². The summed E-state index contributed by atoms with van der Waals surface area (Å²) in [5.41, 5.74) is 0.727. The average Bonchev–Trinajstić information content (AvgIpc) is 2.43. The van der Waals surface area contributed by atoms with Gasteiger partial charge in [-0.15, -0.1) is 0 Å². The van der Waals surface area contributed by atoms with Gasteiger partial charge in [-0.2, -0.15) is 11.8 Å². The third-order valence-electron chi connectivity index (χ3n) is 3.27. The Kier molecular flexibility index (Phi) is 5.29. The smallest absolute Gasteiger partial charge is 0.254 e. The van der Waals surface area contributed by atoms with Crippen LogP contribution < -0.4 is 5.32 Å². The molecule has 1 amide bonds. The number of pyridine rings is 1. The van der Waals surface area contributed by atoms with Crippen molar-refractivity contribution in [2.45, 2.75) is 37.7 Å². The van der Waals surface area contributed by atoms with Crippen molar-refractivity contribution < 1.29 is 4.79 Å². The fraction of sp³-hybridized carbons (Fsp3) is 0.600. The number of carbonyl (C=O) groups is 1. The van der Waals surface area contributed by atoms with Gasteiger partial charge in [0.25, 0.3) is 5.91 Å². The molecule has 0 aromatic carbocycles. The number of nitrogens with one attached hydrogen (secondary N) is 1. The highest BCUT2D eigenvalue weighted by atomic mass is 32.2. The Labute approximate surface area is 125 Å². The number of rotatable bonds is 4. The lowest BCUT2D eigenvalue weighted by Gasteiger charge is -2.34. The van der Waals surface area contributed by atoms with Crippen LogP contribution in [0.3, 0.4) is 0 Å². The first kappa shape index (κ1) is 15.2. The summed E-state index contributed by atoms with van der Waals surface area (Å²) in [5.74, 6) is 0.899. The largest absolute Gasteiger partial charge is 0.370 e. The second-order valence-corrected chi connectivity index (χ2v) is 7.21. The minimum Gasteiger partial charge on any atom is -0.370 e. The van der Waals surface area contributed by atoms with E-state index in [0.717, 1.165) is 37.4 Å². The van der Waals surface area contributed by atoms with E-state index in [2.05, 4.69) is 31.1 Å². The lowest BCUT2D eigenvalue weighted by Crippen LogP contribution is -2.44. The molecule has 1 aromatic rings. The van der Waals surface area contributed by atoms with Gasteiger partial charge in [0.05, 0.1) is 0 Å². The van der Waals surface area contributed by atoms with Crippen molar-refractivity contribution in [3.05, 3.63) is 23.9 Å². The Hall–Kier alpha value is -1.23. The summed E-state index contributed by atoms with van der Waals surface area (Å²) in [7, 11) is 0. The Morgan fingerprint density at radius 1 is 1.45 bits per heavy atom. The van der Waals surface area contributed by atoms with E-state index in [1.54, 1.807) is 12.3 Å². The number of hydrogen-bond donors (Lipinski definition) is 1. The summed E-state index contributed by atoms with van der Waals surface area (Å²) in [6.45, 7) is 9.00. The van der Waals surface area contributed by atoms with Gasteiger partial charge in [-0.1, -0.05) is 20.8 Å². The van der Waals surface area contributed by atoms with Crippen LogP contribution in [-0.4, -0.2) is 45.9 Å². The zero-order valence-electron chi connectivity index (χ0n) is 12.4. The van der Waals surface area contributed by atoms with E-state index in [0.29, 0.717) is 10.5 Å². The van der Waals surface area contributed by atoms with E-state index < -0.39 is 0 Å². The monoisotopic (exact) mass is 293 g/mol. The number of amides is 1. The normalized spacial score (nSPS) is 22.6. The standard InChI is InChI=1S/C15H23N3OS/c1-4-6-16-14-8-13(5-7-17-14)15(19)18-9-11(2)20-12(3)10-18/h5,7-8,11-12H,4,6,9-10H2,1-3H3,(H,16,17). The van der Waals surface area contributed by atoms with Crippen LogP contribution in [0.15, 0.2) is 18.3 Å². The van der Waals surface area contributed by atoms with Crippen molar-refractivity contribution in [1.29, 1.82) is 0 Å². The molecule has 2 heterocycles. The van der Waals surface area contributed by atoms with Crippen molar-refractivity contribution in [1.82, 2.24) is 9.88 Å². The number of nitrogens with zero attached hydrogens (tertiary/aromatic N) is 2. The summed E-state index contributed by atoms with van der Waals surface area (Å²) < 4.78 is 0. The minimum absolute atomic E-state index is 0.117. The molecule has 1 N–H and O–H groups in total. The molecule has 0 bridgehead atoms. The summed E-state index contributed by atoms with van der Waals surface area (Å²) in [5, 5.41) is 4.23. The summed E-state index contributed by atoms with van der Waals surface area (Å²) in [6, 6.07) is 3.66. The highest BCUT2D eigenvalue weighted by Crippen LogP contribution is 2.25. The molecule has 110 valence electrons. The first-order valence-electron chi connectivity index (χ1n) is 7.24. The topological polar surface area (TPSA) is 45.2 Å². The van der Waals surface area contributed by atoms with Gasteiger partial charge in [-0.3, -0.25) is 4.79 Å². The van der Waals surface area contributed by atoms with Gasteiger partial charge in [0.2, 0.25) is 0 Å². The van der Waals surface area contributed by atoms with Crippen molar-refractivity contribution in [3.8, 4) is 0 Å². The summed E-state index contributed by atoms with van der Waals surface area (Å²) in [6.07, 6.45) is 2.75. The van der Waals surface area contributed by atoms with Crippen LogP contribution in [0.2, 0.25) is 0 Å². The van der Waals surface area contributed by atoms with E-state index in [9.17, 15) is 4.79 Å². The molecule has 1 fully saturated rings. The lowest BCUT2D eigenvalue weighted by molar-refractivity contribution is 0.0753. The van der Waals surface area contributed by atoms with Crippen LogP contribution in [0.25, 0.3) is 0 Å². The number of hydrogen-bond acceptors (Lipinski definition) is 4. The van der Waals surface area contributed by atoms with Crippen molar-refractivity contribution in [3.63, 3.8) is 0 Å². The van der Waals surface area contributed by atoms with Gasteiger partial charge in [-0.25, -0.2) is 4.98 Å². The van der Waals surface area contributed by atoms with Crippen LogP contribution in [0.5, 0.6) is 0 Å². The second kappa shape index (κ2) is 6.97. The molecular formula is C15H23N3OS. The fourth-order valence-electron chi connectivity index (χ4n) is 2.44. The molecule has 1 aromatic heterocycles. The second-order valence-electron chi connectivity index (χ2n) is 5.32. The first-order chi connectivity index (χ1) is 9.60. The lowest BCUT2D eigenvalue weighted by atomic mass is 10.2. The third-order valence-corrected chi connectivity index (χ3v) is 4.50. The van der Waals surface area contributed by atoms with E-state index in [1.165, 1.54) is 0 Å². The maximum atomic E-state index is 12.6. The number of carbonyl (C=O) groups excluding carboxylic acids is 1. The Bertz CT molecular complexity index is 456. The van der Waals surface area contributed by atoms with Crippen LogP contribution in [-0.2, 0) is 0 Å². The van der Waals surface area contributed by atoms with Crippen LogP contribution in [0.1, 0.15) is 37.6 Å². The van der Waals surface area contributed by atoms with E-state index in [-0.39, 0.29) is 5.91 Å². The molecule has 1 aliphatic rings. The van der Waals surface area contributed by atoms with Gasteiger partial charge in [-0.05, 0) is 18.6 Å². The van der Waals surface area contributed by atoms with Gasteiger partial charge in [0, 0.05) is 41.9 Å². The predicted octanol–water partition coefficient (Wildman–Crippen LogP) is 2.87. The molecular weight excluding hydrogens is 270 g/mol. The highest BCUT2D eigenvalue weighted by molar-refractivity contribution is 8.00. The molecule has 0 spiro atoms. The zero-order valence-corrected chi connectivity index (χ0v) is 13.2. The Balaban J connectivity index is 2.08. The quantitative estimate of drug-likeness (QED) is 0.927. The maximum absolute atomic E-state index is 12.6. The molecule has 0 radical (unpaired) electrons. The van der Waals surface area contributed by atoms with Crippen LogP contribution >= 0.6 is 11.8 Å². The highest BCUT2D eigenvalue weighted by Gasteiger charge is 2.26.